The lowest BCUT2D eigenvalue weighted by atomic mass is 10.2. The molecule has 1 aromatic heterocycles. The second-order valence-corrected chi connectivity index (χ2v) is 4.52. The average molecular weight is 274 g/mol. The molecule has 2 aromatic rings. The summed E-state index contributed by atoms with van der Waals surface area (Å²) in [5.74, 6) is 0.838. The molecule has 0 bridgehead atoms. The number of rotatable bonds is 4. The van der Waals surface area contributed by atoms with Crippen molar-refractivity contribution >= 4 is 11.7 Å². The van der Waals surface area contributed by atoms with Gasteiger partial charge in [-0.3, -0.25) is 0 Å². The number of aryl methyl sites for hydroxylation is 1. The second kappa shape index (κ2) is 6.21. The summed E-state index contributed by atoms with van der Waals surface area (Å²) in [6.07, 6.45) is 3.60. The number of nitrogens with zero attached hydrogens (tertiary/aromatic N) is 3. The fraction of sp³-hybridized carbons (Fsp3) is 0.286. The van der Waals surface area contributed by atoms with Gasteiger partial charge in [-0.1, -0.05) is 12.1 Å². The number of aromatic nitrogens is 2. The zero-order valence-electron chi connectivity index (χ0n) is 11.6. The number of carbonyl (C=O) groups excluding carboxylic acids is 1. The number of carbonyl (C=O) groups is 1. The van der Waals surface area contributed by atoms with Crippen LogP contribution in [0, 0.1) is 0 Å². The van der Waals surface area contributed by atoms with Crippen molar-refractivity contribution in [1.29, 1.82) is 0 Å². The van der Waals surface area contributed by atoms with Crippen molar-refractivity contribution in [1.82, 2.24) is 14.5 Å². The zero-order chi connectivity index (χ0) is 14.5. The molecule has 1 heterocycles. The van der Waals surface area contributed by atoms with E-state index in [9.17, 15) is 4.79 Å². The predicted octanol–water partition coefficient (Wildman–Crippen LogP) is 1.54. The number of anilines is 1. The van der Waals surface area contributed by atoms with E-state index in [0.29, 0.717) is 12.2 Å². The minimum Gasteiger partial charge on any atom is -0.395 e. The van der Waals surface area contributed by atoms with Crippen molar-refractivity contribution in [3.63, 3.8) is 0 Å². The van der Waals surface area contributed by atoms with Crippen LogP contribution in [0.5, 0.6) is 0 Å². The molecule has 0 aliphatic heterocycles. The molecule has 106 valence electrons. The third-order valence-electron chi connectivity index (χ3n) is 2.98. The van der Waals surface area contributed by atoms with Gasteiger partial charge in [-0.15, -0.1) is 0 Å². The lowest BCUT2D eigenvalue weighted by molar-refractivity contribution is 0.202. The van der Waals surface area contributed by atoms with E-state index in [1.54, 1.807) is 13.2 Å². The largest absolute Gasteiger partial charge is 0.395 e. The van der Waals surface area contributed by atoms with Crippen LogP contribution in [0.1, 0.15) is 0 Å². The number of aliphatic hydroxyl groups excluding tert-OH is 1. The molecule has 0 aliphatic rings. The number of hydrogen-bond acceptors (Lipinski definition) is 3. The summed E-state index contributed by atoms with van der Waals surface area (Å²) in [5, 5.41) is 11.6. The highest BCUT2D eigenvalue weighted by atomic mass is 16.3. The standard InChI is InChI=1S/C14H18N4O2/c1-17-7-6-15-13(17)11-4-3-5-12(10-11)16-14(20)18(2)8-9-19/h3-7,10,19H,8-9H2,1-2H3,(H,16,20). The highest BCUT2D eigenvalue weighted by Gasteiger charge is 2.09. The molecule has 6 nitrogen and oxygen atoms in total. The molecule has 1 aromatic carbocycles. The van der Waals surface area contributed by atoms with Gasteiger partial charge >= 0.3 is 6.03 Å². The van der Waals surface area contributed by atoms with Crippen LogP contribution in [0.2, 0.25) is 0 Å². The van der Waals surface area contributed by atoms with E-state index >= 15 is 0 Å². The summed E-state index contributed by atoms with van der Waals surface area (Å²) in [6, 6.07) is 7.24. The van der Waals surface area contributed by atoms with E-state index in [4.69, 9.17) is 5.11 Å². The highest BCUT2D eigenvalue weighted by Crippen LogP contribution is 2.20. The van der Waals surface area contributed by atoms with Gasteiger partial charge < -0.3 is 19.9 Å². The summed E-state index contributed by atoms with van der Waals surface area (Å²) >= 11 is 0. The molecule has 0 spiro atoms. The SMILES string of the molecule is CN(CCO)C(=O)Nc1cccc(-c2nccn2C)c1. The third kappa shape index (κ3) is 3.16. The molecule has 0 radical (unpaired) electrons. The normalized spacial score (nSPS) is 10.3. The average Bonchev–Trinajstić information content (AvgIpc) is 2.85. The Morgan fingerprint density at radius 1 is 1.50 bits per heavy atom. The molecule has 0 saturated carbocycles. The van der Waals surface area contributed by atoms with Gasteiger partial charge in [0, 0.05) is 44.3 Å². The van der Waals surface area contributed by atoms with Crippen molar-refractivity contribution in [3.05, 3.63) is 36.7 Å². The third-order valence-corrected chi connectivity index (χ3v) is 2.98. The molecule has 6 heteroatoms. The number of nitrogens with one attached hydrogen (secondary N) is 1. The number of likely N-dealkylation sites (N-methyl/N-ethyl adjacent to an activating group) is 1. The molecular formula is C14H18N4O2. The van der Waals surface area contributed by atoms with Crippen LogP contribution in [-0.2, 0) is 7.05 Å². The Morgan fingerprint density at radius 2 is 2.30 bits per heavy atom. The van der Waals surface area contributed by atoms with Crippen LogP contribution in [0.25, 0.3) is 11.4 Å². The van der Waals surface area contributed by atoms with Gasteiger partial charge in [0.15, 0.2) is 0 Å². The molecule has 2 rings (SSSR count). The molecule has 20 heavy (non-hydrogen) atoms. The summed E-state index contributed by atoms with van der Waals surface area (Å²) in [5.41, 5.74) is 1.63. The van der Waals surface area contributed by atoms with Gasteiger partial charge in [-0.25, -0.2) is 9.78 Å². The van der Waals surface area contributed by atoms with Crippen molar-refractivity contribution < 1.29 is 9.90 Å². The number of hydrogen-bond donors (Lipinski definition) is 2. The monoisotopic (exact) mass is 274 g/mol. The van der Waals surface area contributed by atoms with E-state index in [0.717, 1.165) is 11.4 Å². The topological polar surface area (TPSA) is 70.4 Å². The first-order valence-electron chi connectivity index (χ1n) is 6.32. The van der Waals surface area contributed by atoms with Crippen molar-refractivity contribution in [2.24, 2.45) is 7.05 Å². The van der Waals surface area contributed by atoms with E-state index in [1.165, 1.54) is 4.90 Å². The minimum atomic E-state index is -0.254. The Hall–Kier alpha value is -2.34. The molecule has 0 saturated heterocycles. The Bertz CT molecular complexity index is 594. The first-order chi connectivity index (χ1) is 9.61. The van der Waals surface area contributed by atoms with Crippen molar-refractivity contribution in [2.45, 2.75) is 0 Å². The Morgan fingerprint density at radius 3 is 2.95 bits per heavy atom. The smallest absolute Gasteiger partial charge is 0.321 e. The number of benzene rings is 1. The summed E-state index contributed by atoms with van der Waals surface area (Å²) in [6.45, 7) is 0.238. The maximum absolute atomic E-state index is 11.8. The maximum atomic E-state index is 11.8. The molecule has 0 aliphatic carbocycles. The molecule has 0 unspecified atom stereocenters. The second-order valence-electron chi connectivity index (χ2n) is 4.52. The first-order valence-corrected chi connectivity index (χ1v) is 6.32. The Labute approximate surface area is 117 Å². The zero-order valence-corrected chi connectivity index (χ0v) is 11.6. The number of imidazole rings is 1. The van der Waals surface area contributed by atoms with Gasteiger partial charge in [-0.2, -0.15) is 0 Å². The van der Waals surface area contributed by atoms with Crippen LogP contribution in [0.3, 0.4) is 0 Å². The van der Waals surface area contributed by atoms with Gasteiger partial charge in [-0.05, 0) is 12.1 Å². The van der Waals surface area contributed by atoms with Crippen LogP contribution in [0.4, 0.5) is 10.5 Å². The molecular weight excluding hydrogens is 256 g/mol. The van der Waals surface area contributed by atoms with Gasteiger partial charge in [0.1, 0.15) is 5.82 Å². The van der Waals surface area contributed by atoms with E-state index in [2.05, 4.69) is 10.3 Å². The van der Waals surface area contributed by atoms with Crippen LogP contribution >= 0.6 is 0 Å². The fourth-order valence-corrected chi connectivity index (χ4v) is 1.85. The van der Waals surface area contributed by atoms with Gasteiger partial charge in [0.05, 0.1) is 6.61 Å². The van der Waals surface area contributed by atoms with Crippen LogP contribution < -0.4 is 5.32 Å². The van der Waals surface area contributed by atoms with Crippen LogP contribution in [0.15, 0.2) is 36.7 Å². The lowest BCUT2D eigenvalue weighted by Gasteiger charge is -2.16. The molecule has 0 atom stereocenters. The van der Waals surface area contributed by atoms with Crippen LogP contribution in [-0.4, -0.2) is 45.8 Å². The molecule has 2 N–H and O–H groups in total. The van der Waals surface area contributed by atoms with Gasteiger partial charge in [0.2, 0.25) is 0 Å². The highest BCUT2D eigenvalue weighted by molar-refractivity contribution is 5.89. The number of amides is 2. The van der Waals surface area contributed by atoms with E-state index in [1.807, 2.05) is 42.1 Å². The Balaban J connectivity index is 2.15. The summed E-state index contributed by atoms with van der Waals surface area (Å²) < 4.78 is 1.92. The molecule has 0 fully saturated rings. The number of aliphatic hydroxyl groups is 1. The predicted molar refractivity (Wildman–Crippen MR) is 77.4 cm³/mol. The van der Waals surface area contributed by atoms with Gasteiger partial charge in [0.25, 0.3) is 0 Å². The first kappa shape index (κ1) is 14.1. The Kier molecular flexibility index (Phi) is 4.37. The van der Waals surface area contributed by atoms with E-state index < -0.39 is 0 Å². The summed E-state index contributed by atoms with van der Waals surface area (Å²) in [4.78, 5) is 17.6. The van der Waals surface area contributed by atoms with Crippen molar-refractivity contribution in [3.8, 4) is 11.4 Å². The minimum absolute atomic E-state index is 0.0583. The van der Waals surface area contributed by atoms with E-state index in [-0.39, 0.29) is 12.6 Å². The lowest BCUT2D eigenvalue weighted by Crippen LogP contribution is -2.33. The number of urea groups is 1. The van der Waals surface area contributed by atoms with Crippen molar-refractivity contribution in [2.75, 3.05) is 25.5 Å². The molecule has 2 amide bonds. The fourth-order valence-electron chi connectivity index (χ4n) is 1.85. The summed E-state index contributed by atoms with van der Waals surface area (Å²) in [7, 11) is 3.55. The quantitative estimate of drug-likeness (QED) is 0.888. The maximum Gasteiger partial charge on any atom is 0.321 e.